The molecule has 0 spiro atoms. The Balaban J connectivity index is 1.48. The molecule has 1 atom stereocenters. The third-order valence-electron chi connectivity index (χ3n) is 5.24. The predicted octanol–water partition coefficient (Wildman–Crippen LogP) is 4.25. The second-order valence-electron chi connectivity index (χ2n) is 6.97. The molecule has 1 amide bonds. The molecular weight excluding hydrogens is 380 g/mol. The lowest BCUT2D eigenvalue weighted by molar-refractivity contribution is -0.117. The molecule has 2 aromatic rings. The minimum absolute atomic E-state index is 0.0519. The molecule has 1 aliphatic carbocycles. The van der Waals surface area contributed by atoms with Crippen molar-refractivity contribution in [2.24, 2.45) is 0 Å². The average molecular weight is 405 g/mol. The highest BCUT2D eigenvalue weighted by atomic mass is 32.1. The van der Waals surface area contributed by atoms with Crippen molar-refractivity contribution in [3.8, 4) is 0 Å². The van der Waals surface area contributed by atoms with Gasteiger partial charge in [0.25, 0.3) is 0 Å². The number of hydrogen-bond donors (Lipinski definition) is 1. The minimum atomic E-state index is -0.315. The Labute approximate surface area is 167 Å². The van der Waals surface area contributed by atoms with Crippen LogP contribution in [0, 0.1) is 0 Å². The van der Waals surface area contributed by atoms with Crippen LogP contribution in [0.15, 0.2) is 17.5 Å². The fourth-order valence-corrected chi connectivity index (χ4v) is 6.27. The molecule has 4 rings (SSSR count). The zero-order valence-electron chi connectivity index (χ0n) is 15.5. The van der Waals surface area contributed by atoms with Crippen LogP contribution in [0.4, 0.5) is 5.00 Å². The highest BCUT2D eigenvalue weighted by Gasteiger charge is 2.31. The lowest BCUT2D eigenvalue weighted by atomic mass is 10.1. The molecule has 1 aliphatic heterocycles. The first-order chi connectivity index (χ1) is 13.2. The Morgan fingerprint density at radius 2 is 2.22 bits per heavy atom. The molecule has 0 bridgehead atoms. The van der Waals surface area contributed by atoms with Crippen molar-refractivity contribution < 1.29 is 14.3 Å². The van der Waals surface area contributed by atoms with E-state index in [0.29, 0.717) is 29.8 Å². The minimum Gasteiger partial charge on any atom is -0.462 e. The third kappa shape index (κ3) is 3.81. The maximum atomic E-state index is 12.7. The van der Waals surface area contributed by atoms with Crippen LogP contribution in [-0.2, 0) is 22.4 Å². The van der Waals surface area contributed by atoms with Crippen molar-refractivity contribution in [1.29, 1.82) is 0 Å². The number of carbonyl (C=O) groups is 2. The van der Waals surface area contributed by atoms with Gasteiger partial charge in [0.1, 0.15) is 5.00 Å². The van der Waals surface area contributed by atoms with Gasteiger partial charge >= 0.3 is 5.97 Å². The predicted molar refractivity (Wildman–Crippen MR) is 109 cm³/mol. The van der Waals surface area contributed by atoms with E-state index >= 15 is 0 Å². The van der Waals surface area contributed by atoms with E-state index in [4.69, 9.17) is 4.74 Å². The van der Waals surface area contributed by atoms with Gasteiger partial charge in [-0.05, 0) is 62.6 Å². The topological polar surface area (TPSA) is 58.6 Å². The van der Waals surface area contributed by atoms with Crippen LogP contribution in [0.25, 0.3) is 0 Å². The number of likely N-dealkylation sites (tertiary alicyclic amines) is 1. The summed E-state index contributed by atoms with van der Waals surface area (Å²) in [5.74, 6) is -0.367. The molecule has 1 fully saturated rings. The van der Waals surface area contributed by atoms with E-state index in [2.05, 4.69) is 27.7 Å². The number of fused-ring (bicyclic) bond motifs is 1. The number of nitrogens with zero attached hydrogens (tertiary/aromatic N) is 1. The Morgan fingerprint density at radius 1 is 1.33 bits per heavy atom. The first-order valence-electron chi connectivity index (χ1n) is 9.56. The maximum Gasteiger partial charge on any atom is 0.341 e. The number of esters is 1. The molecule has 1 saturated heterocycles. The zero-order chi connectivity index (χ0) is 18.8. The van der Waals surface area contributed by atoms with E-state index in [1.807, 2.05) is 0 Å². The standard InChI is InChI=1S/C20H24N2O3S2/c1-2-25-20(24)18-13-6-3-8-15(13)27-19(18)21-17(23)12-22-10-4-7-14(22)16-9-5-11-26-16/h5,9,11,14H,2-4,6-8,10,12H2,1H3,(H,21,23)/t14-/m0/s1. The van der Waals surface area contributed by atoms with E-state index in [1.165, 1.54) is 21.1 Å². The highest BCUT2D eigenvalue weighted by Crippen LogP contribution is 2.40. The van der Waals surface area contributed by atoms with Gasteiger partial charge in [0, 0.05) is 15.8 Å². The van der Waals surface area contributed by atoms with Crippen LogP contribution in [0.5, 0.6) is 0 Å². The van der Waals surface area contributed by atoms with Crippen molar-refractivity contribution in [3.05, 3.63) is 38.4 Å². The number of thiophene rings is 2. The number of amides is 1. The normalized spacial score (nSPS) is 19.2. The van der Waals surface area contributed by atoms with Crippen molar-refractivity contribution in [1.82, 2.24) is 4.90 Å². The number of anilines is 1. The van der Waals surface area contributed by atoms with Crippen molar-refractivity contribution in [3.63, 3.8) is 0 Å². The van der Waals surface area contributed by atoms with E-state index in [9.17, 15) is 9.59 Å². The van der Waals surface area contributed by atoms with E-state index in [-0.39, 0.29) is 11.9 Å². The maximum absolute atomic E-state index is 12.7. The average Bonchev–Trinajstić information content (AvgIpc) is 3.39. The van der Waals surface area contributed by atoms with Crippen molar-refractivity contribution in [2.45, 2.75) is 45.1 Å². The lowest BCUT2D eigenvalue weighted by Crippen LogP contribution is -2.32. The first kappa shape index (κ1) is 18.7. The molecule has 7 heteroatoms. The molecule has 144 valence electrons. The largest absolute Gasteiger partial charge is 0.462 e. The Bertz CT molecular complexity index is 829. The van der Waals surface area contributed by atoms with Crippen LogP contribution in [0.3, 0.4) is 0 Å². The van der Waals surface area contributed by atoms with Gasteiger partial charge in [0.15, 0.2) is 0 Å². The number of nitrogens with one attached hydrogen (secondary N) is 1. The van der Waals surface area contributed by atoms with Crippen molar-refractivity contribution >= 4 is 39.6 Å². The van der Waals surface area contributed by atoms with Gasteiger partial charge in [-0.15, -0.1) is 22.7 Å². The number of rotatable bonds is 6. The quantitative estimate of drug-likeness (QED) is 0.731. The third-order valence-corrected chi connectivity index (χ3v) is 7.42. The van der Waals surface area contributed by atoms with Gasteiger partial charge < -0.3 is 10.1 Å². The molecule has 1 N–H and O–H groups in total. The molecule has 27 heavy (non-hydrogen) atoms. The monoisotopic (exact) mass is 404 g/mol. The van der Waals surface area contributed by atoms with Gasteiger partial charge in [-0.2, -0.15) is 0 Å². The lowest BCUT2D eigenvalue weighted by Gasteiger charge is -2.22. The number of hydrogen-bond acceptors (Lipinski definition) is 6. The number of ether oxygens (including phenoxy) is 1. The summed E-state index contributed by atoms with van der Waals surface area (Å²) >= 11 is 3.29. The van der Waals surface area contributed by atoms with Crippen LogP contribution in [0.1, 0.15) is 57.9 Å². The van der Waals surface area contributed by atoms with Gasteiger partial charge in [-0.25, -0.2) is 4.79 Å². The fourth-order valence-electron chi connectivity index (χ4n) is 4.08. The van der Waals surface area contributed by atoms with E-state index in [0.717, 1.165) is 44.2 Å². The molecule has 0 aromatic carbocycles. The molecule has 0 unspecified atom stereocenters. The summed E-state index contributed by atoms with van der Waals surface area (Å²) in [5.41, 5.74) is 1.66. The molecule has 0 radical (unpaired) electrons. The molecule has 5 nitrogen and oxygen atoms in total. The zero-order valence-corrected chi connectivity index (χ0v) is 17.1. The summed E-state index contributed by atoms with van der Waals surface area (Å²) in [6, 6.07) is 4.54. The van der Waals surface area contributed by atoms with Gasteiger partial charge in [-0.3, -0.25) is 9.69 Å². The summed E-state index contributed by atoms with van der Waals surface area (Å²) in [6.45, 7) is 3.43. The molecule has 2 aliphatic rings. The number of carbonyl (C=O) groups excluding carboxylic acids is 2. The van der Waals surface area contributed by atoms with Gasteiger partial charge in [0.05, 0.1) is 18.7 Å². The van der Waals surface area contributed by atoms with Crippen LogP contribution in [0.2, 0.25) is 0 Å². The van der Waals surface area contributed by atoms with Gasteiger partial charge in [0.2, 0.25) is 5.91 Å². The van der Waals surface area contributed by atoms with Crippen molar-refractivity contribution in [2.75, 3.05) is 25.0 Å². The summed E-state index contributed by atoms with van der Waals surface area (Å²) in [7, 11) is 0. The fraction of sp³-hybridized carbons (Fsp3) is 0.500. The summed E-state index contributed by atoms with van der Waals surface area (Å²) in [6.07, 6.45) is 5.14. The molecular formula is C20H24N2O3S2. The summed E-state index contributed by atoms with van der Waals surface area (Å²) in [4.78, 5) is 30.0. The summed E-state index contributed by atoms with van der Waals surface area (Å²) < 4.78 is 5.24. The Hall–Kier alpha value is -1.70. The number of aryl methyl sites for hydroxylation is 1. The van der Waals surface area contributed by atoms with E-state index in [1.54, 1.807) is 18.3 Å². The molecule has 3 heterocycles. The molecule has 0 saturated carbocycles. The Morgan fingerprint density at radius 3 is 3.00 bits per heavy atom. The highest BCUT2D eigenvalue weighted by molar-refractivity contribution is 7.17. The second-order valence-corrected chi connectivity index (χ2v) is 9.06. The first-order valence-corrected chi connectivity index (χ1v) is 11.3. The smallest absolute Gasteiger partial charge is 0.341 e. The van der Waals surface area contributed by atoms with E-state index < -0.39 is 0 Å². The Kier molecular flexibility index (Phi) is 5.61. The second kappa shape index (κ2) is 8.12. The molecule has 2 aromatic heterocycles. The van der Waals surface area contributed by atoms with Crippen LogP contribution < -0.4 is 5.32 Å². The van der Waals surface area contributed by atoms with Crippen LogP contribution in [-0.4, -0.2) is 36.5 Å². The SMILES string of the molecule is CCOC(=O)c1c(NC(=O)CN2CCC[C@H]2c2cccs2)sc2c1CCC2. The van der Waals surface area contributed by atoms with Crippen LogP contribution >= 0.6 is 22.7 Å². The summed E-state index contributed by atoms with van der Waals surface area (Å²) in [5, 5.41) is 5.76. The van der Waals surface area contributed by atoms with Gasteiger partial charge in [-0.1, -0.05) is 6.07 Å².